The Kier molecular flexibility index (Phi) is 3.50. The van der Waals surface area contributed by atoms with Gasteiger partial charge in [-0.1, -0.05) is 0 Å². The van der Waals surface area contributed by atoms with Crippen molar-refractivity contribution in [3.8, 4) is 0 Å². The molecule has 2 fully saturated rings. The molecule has 1 amide bonds. The van der Waals surface area contributed by atoms with Gasteiger partial charge in [0, 0.05) is 25.7 Å². The Morgan fingerprint density at radius 1 is 1.45 bits per heavy atom. The van der Waals surface area contributed by atoms with E-state index in [0.29, 0.717) is 17.9 Å². The Balaban J connectivity index is 1.43. The van der Waals surface area contributed by atoms with Crippen molar-refractivity contribution in [2.24, 2.45) is 11.8 Å². The summed E-state index contributed by atoms with van der Waals surface area (Å²) >= 11 is 1.73. The van der Waals surface area contributed by atoms with E-state index in [1.807, 2.05) is 25.7 Å². The molecule has 1 aliphatic carbocycles. The molecule has 1 aliphatic heterocycles. The maximum atomic E-state index is 12.0. The molecular weight excluding hydrogens is 272 g/mol. The van der Waals surface area contributed by atoms with Crippen LogP contribution in [0.25, 0.3) is 0 Å². The fourth-order valence-corrected chi connectivity index (χ4v) is 3.60. The zero-order valence-corrected chi connectivity index (χ0v) is 13.1. The van der Waals surface area contributed by atoms with Gasteiger partial charge in [0.05, 0.1) is 0 Å². The number of likely N-dealkylation sites (tertiary alicyclic amines) is 1. The standard InChI is InChI=1S/C15H22N2O2S/c1-15(2,3)19-14(18)17-7-11-12(8-17)13(11)16-6-10-4-5-20-9-10/h4-5,9,11-13,16H,6-8H2,1-3H3. The third kappa shape index (κ3) is 2.99. The van der Waals surface area contributed by atoms with Crippen LogP contribution in [0, 0.1) is 11.8 Å². The molecule has 2 atom stereocenters. The summed E-state index contributed by atoms with van der Waals surface area (Å²) in [5.41, 5.74) is 0.949. The molecule has 2 unspecified atom stereocenters. The van der Waals surface area contributed by atoms with E-state index in [0.717, 1.165) is 19.6 Å². The number of hydrogen-bond acceptors (Lipinski definition) is 4. The number of carbonyl (C=O) groups is 1. The van der Waals surface area contributed by atoms with Crippen molar-refractivity contribution in [3.63, 3.8) is 0 Å². The summed E-state index contributed by atoms with van der Waals surface area (Å²) in [5, 5.41) is 7.88. The third-order valence-corrected chi connectivity index (χ3v) is 4.70. The van der Waals surface area contributed by atoms with E-state index in [1.54, 1.807) is 11.3 Å². The molecular formula is C15H22N2O2S. The van der Waals surface area contributed by atoms with Crippen molar-refractivity contribution in [3.05, 3.63) is 22.4 Å². The van der Waals surface area contributed by atoms with Crippen molar-refractivity contribution in [1.29, 1.82) is 0 Å². The van der Waals surface area contributed by atoms with Crippen LogP contribution in [-0.2, 0) is 11.3 Å². The first-order valence-electron chi connectivity index (χ1n) is 7.16. The molecule has 1 aromatic heterocycles. The van der Waals surface area contributed by atoms with Gasteiger partial charge in [0.25, 0.3) is 0 Å². The maximum absolute atomic E-state index is 12.0. The second-order valence-corrected chi connectivity index (χ2v) is 7.53. The van der Waals surface area contributed by atoms with Crippen molar-refractivity contribution >= 4 is 17.4 Å². The van der Waals surface area contributed by atoms with Gasteiger partial charge in [-0.3, -0.25) is 0 Å². The molecule has 0 bridgehead atoms. The van der Waals surface area contributed by atoms with Crippen molar-refractivity contribution in [2.75, 3.05) is 13.1 Å². The number of carbonyl (C=O) groups excluding carboxylic acids is 1. The predicted molar refractivity (Wildman–Crippen MR) is 79.7 cm³/mol. The minimum absolute atomic E-state index is 0.165. The number of amides is 1. The first-order valence-corrected chi connectivity index (χ1v) is 8.11. The second-order valence-electron chi connectivity index (χ2n) is 6.75. The molecule has 0 spiro atoms. The Morgan fingerprint density at radius 3 is 2.70 bits per heavy atom. The summed E-state index contributed by atoms with van der Waals surface area (Å²) in [6, 6.07) is 2.73. The van der Waals surface area contributed by atoms with Crippen LogP contribution in [-0.4, -0.2) is 35.7 Å². The van der Waals surface area contributed by atoms with Crippen LogP contribution in [0.3, 0.4) is 0 Å². The Bertz CT molecular complexity index is 469. The number of thiophene rings is 1. The molecule has 2 heterocycles. The number of ether oxygens (including phenoxy) is 1. The summed E-state index contributed by atoms with van der Waals surface area (Å²) < 4.78 is 5.41. The van der Waals surface area contributed by atoms with E-state index in [9.17, 15) is 4.79 Å². The highest BCUT2D eigenvalue weighted by Gasteiger charge is 2.56. The van der Waals surface area contributed by atoms with Crippen LogP contribution in [0.4, 0.5) is 4.79 Å². The zero-order valence-electron chi connectivity index (χ0n) is 12.3. The summed E-state index contributed by atoms with van der Waals surface area (Å²) in [6.07, 6.45) is -0.165. The van der Waals surface area contributed by atoms with Gasteiger partial charge in [-0.25, -0.2) is 4.79 Å². The van der Waals surface area contributed by atoms with E-state index < -0.39 is 5.60 Å². The molecule has 1 saturated heterocycles. The summed E-state index contributed by atoms with van der Waals surface area (Å²) in [4.78, 5) is 13.8. The molecule has 1 N–H and O–H groups in total. The lowest BCUT2D eigenvalue weighted by Crippen LogP contribution is -2.39. The summed E-state index contributed by atoms with van der Waals surface area (Å²) in [5.74, 6) is 1.22. The first-order chi connectivity index (χ1) is 9.44. The Labute approximate surface area is 124 Å². The average Bonchev–Trinajstić information content (AvgIpc) is 2.78. The van der Waals surface area contributed by atoms with Crippen LogP contribution < -0.4 is 5.32 Å². The van der Waals surface area contributed by atoms with Gasteiger partial charge in [-0.15, -0.1) is 0 Å². The molecule has 5 heteroatoms. The number of hydrogen-bond donors (Lipinski definition) is 1. The number of piperidine rings is 1. The predicted octanol–water partition coefficient (Wildman–Crippen LogP) is 2.70. The van der Waals surface area contributed by atoms with Crippen LogP contribution >= 0.6 is 11.3 Å². The fraction of sp³-hybridized carbons (Fsp3) is 0.667. The number of nitrogens with one attached hydrogen (secondary N) is 1. The second kappa shape index (κ2) is 5.04. The highest BCUT2D eigenvalue weighted by molar-refractivity contribution is 7.07. The van der Waals surface area contributed by atoms with E-state index in [4.69, 9.17) is 4.74 Å². The minimum Gasteiger partial charge on any atom is -0.444 e. The van der Waals surface area contributed by atoms with Crippen LogP contribution in [0.5, 0.6) is 0 Å². The molecule has 20 heavy (non-hydrogen) atoms. The van der Waals surface area contributed by atoms with E-state index in [-0.39, 0.29) is 6.09 Å². The van der Waals surface area contributed by atoms with Crippen LogP contribution in [0.15, 0.2) is 16.8 Å². The highest BCUT2D eigenvalue weighted by atomic mass is 32.1. The minimum atomic E-state index is -0.402. The van der Waals surface area contributed by atoms with Gasteiger partial charge in [0.15, 0.2) is 0 Å². The van der Waals surface area contributed by atoms with Crippen LogP contribution in [0.2, 0.25) is 0 Å². The number of fused-ring (bicyclic) bond motifs is 1. The molecule has 0 aromatic carbocycles. The quantitative estimate of drug-likeness (QED) is 0.932. The number of nitrogens with zero attached hydrogens (tertiary/aromatic N) is 1. The monoisotopic (exact) mass is 294 g/mol. The lowest BCUT2D eigenvalue weighted by atomic mass is 10.2. The van der Waals surface area contributed by atoms with E-state index in [1.165, 1.54) is 5.56 Å². The van der Waals surface area contributed by atoms with Crippen molar-refractivity contribution in [2.45, 2.75) is 39.0 Å². The lowest BCUT2D eigenvalue weighted by molar-refractivity contribution is 0.0269. The highest BCUT2D eigenvalue weighted by Crippen LogP contribution is 2.45. The Hall–Kier alpha value is -1.07. The lowest BCUT2D eigenvalue weighted by Gasteiger charge is -2.26. The van der Waals surface area contributed by atoms with E-state index in [2.05, 4.69) is 22.1 Å². The van der Waals surface area contributed by atoms with E-state index >= 15 is 0 Å². The Morgan fingerprint density at radius 2 is 2.15 bits per heavy atom. The van der Waals surface area contributed by atoms with Gasteiger partial charge in [0.1, 0.15) is 5.60 Å². The SMILES string of the molecule is CC(C)(C)OC(=O)N1CC2C(C1)C2NCc1ccsc1. The van der Waals surface area contributed by atoms with Gasteiger partial charge < -0.3 is 15.0 Å². The van der Waals surface area contributed by atoms with Gasteiger partial charge in [0.2, 0.25) is 0 Å². The normalized spacial score (nSPS) is 28.4. The van der Waals surface area contributed by atoms with Gasteiger partial charge in [-0.2, -0.15) is 11.3 Å². The largest absolute Gasteiger partial charge is 0.444 e. The molecule has 4 nitrogen and oxygen atoms in total. The van der Waals surface area contributed by atoms with Crippen molar-refractivity contribution in [1.82, 2.24) is 10.2 Å². The molecule has 110 valence electrons. The third-order valence-electron chi connectivity index (χ3n) is 3.97. The molecule has 1 aromatic rings. The summed E-state index contributed by atoms with van der Waals surface area (Å²) in [7, 11) is 0. The number of rotatable bonds is 3. The average molecular weight is 294 g/mol. The molecule has 1 saturated carbocycles. The topological polar surface area (TPSA) is 41.6 Å². The molecule has 3 rings (SSSR count). The van der Waals surface area contributed by atoms with Gasteiger partial charge in [-0.05, 0) is 55.0 Å². The van der Waals surface area contributed by atoms with Crippen LogP contribution in [0.1, 0.15) is 26.3 Å². The van der Waals surface area contributed by atoms with Crippen molar-refractivity contribution < 1.29 is 9.53 Å². The summed E-state index contributed by atoms with van der Waals surface area (Å²) in [6.45, 7) is 8.34. The molecule has 0 radical (unpaired) electrons. The first kappa shape index (κ1) is 13.9. The molecule has 2 aliphatic rings. The fourth-order valence-electron chi connectivity index (χ4n) is 2.93. The maximum Gasteiger partial charge on any atom is 0.410 e. The zero-order chi connectivity index (χ0) is 14.3. The smallest absolute Gasteiger partial charge is 0.410 e. The van der Waals surface area contributed by atoms with Gasteiger partial charge >= 0.3 is 6.09 Å².